The summed E-state index contributed by atoms with van der Waals surface area (Å²) >= 11 is 0. The zero-order valence-electron chi connectivity index (χ0n) is 11.0. The molecule has 0 spiro atoms. The van der Waals surface area contributed by atoms with Crippen LogP contribution in [0.15, 0.2) is 12.2 Å². The van der Waals surface area contributed by atoms with Crippen molar-refractivity contribution >= 4 is 6.29 Å². The maximum Gasteiger partial charge on any atom is 0.145 e. The van der Waals surface area contributed by atoms with E-state index in [2.05, 4.69) is 20.4 Å². The molecule has 1 N–H and O–H groups in total. The first kappa shape index (κ1) is 12.8. The summed E-state index contributed by atoms with van der Waals surface area (Å²) in [5, 5.41) is 10.9. The number of allylic oxidation sites excluding steroid dienone is 1. The fourth-order valence-electron chi connectivity index (χ4n) is 4.00. The molecule has 17 heavy (non-hydrogen) atoms. The molecule has 2 nitrogen and oxygen atoms in total. The second kappa shape index (κ2) is 4.24. The summed E-state index contributed by atoms with van der Waals surface area (Å²) < 4.78 is 0. The summed E-state index contributed by atoms with van der Waals surface area (Å²) in [5.74, 6) is 0.807. The van der Waals surface area contributed by atoms with Gasteiger partial charge < -0.3 is 5.11 Å². The molecule has 2 fully saturated rings. The molecule has 0 aromatic carbocycles. The molecule has 0 aromatic heterocycles. The quantitative estimate of drug-likeness (QED) is 0.591. The highest BCUT2D eigenvalue weighted by atomic mass is 16.3. The fourth-order valence-corrected chi connectivity index (χ4v) is 4.00. The molecular weight excluding hydrogens is 212 g/mol. The van der Waals surface area contributed by atoms with Gasteiger partial charge in [-0.05, 0) is 54.9 Å². The molecule has 0 aliphatic heterocycles. The Labute approximate surface area is 104 Å². The SMILES string of the molecule is C=C(C=O)C1CCC2(O)CCCC(C)C2(C)C1. The monoisotopic (exact) mass is 236 g/mol. The Balaban J connectivity index is 2.25. The van der Waals surface area contributed by atoms with Gasteiger partial charge >= 0.3 is 0 Å². The number of carbonyl (C=O) groups is 1. The zero-order valence-corrected chi connectivity index (χ0v) is 11.0. The highest BCUT2D eigenvalue weighted by Gasteiger charge is 2.55. The van der Waals surface area contributed by atoms with Gasteiger partial charge in [-0.3, -0.25) is 4.79 Å². The lowest BCUT2D eigenvalue weighted by Gasteiger charge is -2.57. The molecule has 2 aliphatic rings. The van der Waals surface area contributed by atoms with Crippen molar-refractivity contribution in [2.75, 3.05) is 0 Å². The van der Waals surface area contributed by atoms with Crippen LogP contribution in [0.1, 0.15) is 52.4 Å². The molecule has 0 aromatic rings. The normalized spacial score (nSPS) is 46.1. The van der Waals surface area contributed by atoms with E-state index < -0.39 is 5.60 Å². The summed E-state index contributed by atoms with van der Waals surface area (Å²) in [6.45, 7) is 8.32. The highest BCUT2D eigenvalue weighted by Crippen LogP contribution is 2.57. The summed E-state index contributed by atoms with van der Waals surface area (Å²) in [6.07, 6.45) is 6.80. The Morgan fingerprint density at radius 3 is 2.76 bits per heavy atom. The van der Waals surface area contributed by atoms with Crippen LogP contribution in [0, 0.1) is 17.3 Å². The molecule has 4 atom stereocenters. The van der Waals surface area contributed by atoms with Crippen molar-refractivity contribution in [3.05, 3.63) is 12.2 Å². The molecule has 96 valence electrons. The lowest BCUT2D eigenvalue weighted by molar-refractivity contribution is -0.165. The lowest BCUT2D eigenvalue weighted by atomic mass is 9.51. The summed E-state index contributed by atoms with van der Waals surface area (Å²) in [7, 11) is 0. The minimum Gasteiger partial charge on any atom is -0.389 e. The van der Waals surface area contributed by atoms with Crippen molar-refractivity contribution in [3.8, 4) is 0 Å². The smallest absolute Gasteiger partial charge is 0.145 e. The average Bonchev–Trinajstić information content (AvgIpc) is 2.30. The van der Waals surface area contributed by atoms with Crippen LogP contribution in [0.25, 0.3) is 0 Å². The van der Waals surface area contributed by atoms with Crippen molar-refractivity contribution in [2.45, 2.75) is 58.0 Å². The predicted molar refractivity (Wildman–Crippen MR) is 68.6 cm³/mol. The van der Waals surface area contributed by atoms with E-state index in [1.165, 1.54) is 6.42 Å². The zero-order chi connectivity index (χ0) is 12.7. The van der Waals surface area contributed by atoms with Gasteiger partial charge in [0.05, 0.1) is 5.60 Å². The first-order valence-corrected chi connectivity index (χ1v) is 6.79. The fraction of sp³-hybridized carbons (Fsp3) is 0.800. The van der Waals surface area contributed by atoms with Gasteiger partial charge in [0, 0.05) is 0 Å². The summed E-state index contributed by atoms with van der Waals surface area (Å²) in [4.78, 5) is 10.9. The van der Waals surface area contributed by atoms with Gasteiger partial charge in [0.1, 0.15) is 6.29 Å². The maximum absolute atomic E-state index is 10.9. The van der Waals surface area contributed by atoms with Crippen LogP contribution < -0.4 is 0 Å². The third-order valence-corrected chi connectivity index (χ3v) is 5.63. The predicted octanol–water partition coefficient (Wildman–Crippen LogP) is 3.10. The number of aldehydes is 1. The number of fused-ring (bicyclic) bond motifs is 1. The molecule has 2 saturated carbocycles. The van der Waals surface area contributed by atoms with Crippen molar-refractivity contribution in [2.24, 2.45) is 17.3 Å². The van der Waals surface area contributed by atoms with Gasteiger partial charge in [0.25, 0.3) is 0 Å². The molecule has 2 aliphatic carbocycles. The van der Waals surface area contributed by atoms with E-state index in [4.69, 9.17) is 0 Å². The second-order valence-corrected chi connectivity index (χ2v) is 6.37. The van der Waals surface area contributed by atoms with Crippen LogP contribution in [0.2, 0.25) is 0 Å². The molecule has 2 rings (SSSR count). The molecule has 0 heterocycles. The van der Waals surface area contributed by atoms with Gasteiger partial charge in [-0.15, -0.1) is 0 Å². The number of rotatable bonds is 2. The molecule has 0 bridgehead atoms. The van der Waals surface area contributed by atoms with Gasteiger partial charge in [-0.2, -0.15) is 0 Å². The van der Waals surface area contributed by atoms with E-state index >= 15 is 0 Å². The van der Waals surface area contributed by atoms with Gasteiger partial charge in [0.15, 0.2) is 0 Å². The van der Waals surface area contributed by atoms with E-state index in [0.717, 1.165) is 38.4 Å². The Morgan fingerprint density at radius 1 is 1.41 bits per heavy atom. The molecule has 2 heteroatoms. The Bertz CT molecular complexity index is 336. The minimum absolute atomic E-state index is 0.0416. The maximum atomic E-state index is 10.9. The third kappa shape index (κ3) is 1.87. The van der Waals surface area contributed by atoms with Crippen molar-refractivity contribution < 1.29 is 9.90 Å². The lowest BCUT2D eigenvalue weighted by Crippen LogP contribution is -2.56. The molecule has 0 radical (unpaired) electrons. The first-order valence-electron chi connectivity index (χ1n) is 6.79. The van der Waals surface area contributed by atoms with E-state index in [1.54, 1.807) is 0 Å². The standard InChI is InChI=1S/C15H24O2/c1-11(10-16)13-6-8-15(17)7-4-5-12(2)14(15,3)9-13/h10,12-13,17H,1,4-9H2,2-3H3. The Hall–Kier alpha value is -0.630. The van der Waals surface area contributed by atoms with E-state index in [9.17, 15) is 9.90 Å². The molecule has 4 unspecified atom stereocenters. The van der Waals surface area contributed by atoms with Crippen molar-refractivity contribution in [3.63, 3.8) is 0 Å². The summed E-state index contributed by atoms with van der Waals surface area (Å²) in [6, 6.07) is 0. The second-order valence-electron chi connectivity index (χ2n) is 6.37. The third-order valence-electron chi connectivity index (χ3n) is 5.63. The van der Waals surface area contributed by atoms with Crippen LogP contribution >= 0.6 is 0 Å². The van der Waals surface area contributed by atoms with E-state index in [0.29, 0.717) is 11.5 Å². The van der Waals surface area contributed by atoms with Crippen LogP contribution in [-0.2, 0) is 4.79 Å². The Morgan fingerprint density at radius 2 is 2.12 bits per heavy atom. The first-order chi connectivity index (χ1) is 7.93. The molecule has 0 saturated heterocycles. The molecule has 0 amide bonds. The summed E-state index contributed by atoms with van der Waals surface area (Å²) in [5.41, 5.74) is 0.163. The molecular formula is C15H24O2. The number of carbonyl (C=O) groups excluding carboxylic acids is 1. The van der Waals surface area contributed by atoms with E-state index in [1.807, 2.05) is 0 Å². The largest absolute Gasteiger partial charge is 0.389 e. The van der Waals surface area contributed by atoms with Gasteiger partial charge in [-0.1, -0.05) is 26.8 Å². The topological polar surface area (TPSA) is 37.3 Å². The number of aliphatic hydroxyl groups is 1. The van der Waals surface area contributed by atoms with Crippen LogP contribution in [0.4, 0.5) is 0 Å². The Kier molecular flexibility index (Phi) is 3.19. The van der Waals surface area contributed by atoms with Crippen molar-refractivity contribution in [1.29, 1.82) is 0 Å². The van der Waals surface area contributed by atoms with Crippen LogP contribution in [0.5, 0.6) is 0 Å². The van der Waals surface area contributed by atoms with Crippen LogP contribution in [-0.4, -0.2) is 17.0 Å². The van der Waals surface area contributed by atoms with Crippen molar-refractivity contribution in [1.82, 2.24) is 0 Å². The van der Waals surface area contributed by atoms with E-state index in [-0.39, 0.29) is 11.3 Å². The van der Waals surface area contributed by atoms with Gasteiger partial charge in [0.2, 0.25) is 0 Å². The van der Waals surface area contributed by atoms with Gasteiger partial charge in [-0.25, -0.2) is 0 Å². The average molecular weight is 236 g/mol. The minimum atomic E-state index is -0.510. The highest BCUT2D eigenvalue weighted by molar-refractivity contribution is 5.72. The number of hydrogen-bond donors (Lipinski definition) is 1. The van der Waals surface area contributed by atoms with Crippen LogP contribution in [0.3, 0.4) is 0 Å². The number of hydrogen-bond acceptors (Lipinski definition) is 2.